The van der Waals surface area contributed by atoms with Crippen LogP contribution in [0.1, 0.15) is 22.3 Å². The number of thiophene rings is 1. The van der Waals surface area contributed by atoms with Crippen LogP contribution in [-0.4, -0.2) is 22.5 Å². The highest BCUT2D eigenvalue weighted by atomic mass is 79.9. The fraction of sp³-hybridized carbons (Fsp3) is 0.150. The Bertz CT molecular complexity index is 1110. The highest BCUT2D eigenvalue weighted by molar-refractivity contribution is 9.11. The van der Waals surface area contributed by atoms with E-state index >= 15 is 0 Å². The lowest BCUT2D eigenvalue weighted by atomic mass is 10.3. The number of thiazole rings is 1. The number of hydrogen-bond donors (Lipinski definition) is 0. The Labute approximate surface area is 178 Å². The van der Waals surface area contributed by atoms with Gasteiger partial charge < -0.3 is 4.74 Å². The first-order valence-electron chi connectivity index (χ1n) is 8.64. The van der Waals surface area contributed by atoms with Gasteiger partial charge in [0.05, 0.1) is 37.7 Å². The summed E-state index contributed by atoms with van der Waals surface area (Å²) in [5.74, 6) is 0.709. The van der Waals surface area contributed by atoms with E-state index in [-0.39, 0.29) is 5.91 Å². The Morgan fingerprint density at radius 3 is 2.79 bits per heavy atom. The molecule has 0 saturated heterocycles. The molecule has 0 aliphatic carbocycles. The van der Waals surface area contributed by atoms with Crippen LogP contribution in [0.3, 0.4) is 0 Å². The maximum atomic E-state index is 13.2. The zero-order chi connectivity index (χ0) is 19.5. The van der Waals surface area contributed by atoms with Gasteiger partial charge in [-0.1, -0.05) is 17.4 Å². The van der Waals surface area contributed by atoms with Crippen molar-refractivity contribution in [3.8, 4) is 5.75 Å². The van der Waals surface area contributed by atoms with Crippen molar-refractivity contribution in [1.29, 1.82) is 0 Å². The Morgan fingerprint density at radius 2 is 2.07 bits per heavy atom. The third kappa shape index (κ3) is 4.09. The number of hydrogen-bond acceptors (Lipinski definition) is 6. The molecule has 5 nitrogen and oxygen atoms in total. The lowest BCUT2D eigenvalue weighted by Gasteiger charge is -2.18. The lowest BCUT2D eigenvalue weighted by molar-refractivity contribution is 0.0988. The van der Waals surface area contributed by atoms with Crippen molar-refractivity contribution in [1.82, 2.24) is 9.97 Å². The van der Waals surface area contributed by atoms with Crippen molar-refractivity contribution in [2.45, 2.75) is 13.5 Å². The first-order valence-corrected chi connectivity index (χ1v) is 11.1. The normalized spacial score (nSPS) is 10.9. The summed E-state index contributed by atoms with van der Waals surface area (Å²) in [6.45, 7) is 2.91. The second-order valence-corrected chi connectivity index (χ2v) is 9.35. The molecule has 4 rings (SSSR count). The van der Waals surface area contributed by atoms with Crippen LogP contribution in [0.5, 0.6) is 5.75 Å². The topological polar surface area (TPSA) is 55.3 Å². The largest absolute Gasteiger partial charge is 0.494 e. The molecule has 0 spiro atoms. The highest BCUT2D eigenvalue weighted by Crippen LogP contribution is 2.34. The van der Waals surface area contributed by atoms with Gasteiger partial charge in [0.15, 0.2) is 5.13 Å². The molecule has 0 fully saturated rings. The zero-order valence-corrected chi connectivity index (χ0v) is 18.2. The van der Waals surface area contributed by atoms with Crippen molar-refractivity contribution in [2.75, 3.05) is 11.5 Å². The minimum atomic E-state index is -0.0922. The van der Waals surface area contributed by atoms with Crippen molar-refractivity contribution < 1.29 is 9.53 Å². The second kappa shape index (κ2) is 8.38. The number of ether oxygens (including phenoxy) is 1. The van der Waals surface area contributed by atoms with Crippen LogP contribution < -0.4 is 9.64 Å². The van der Waals surface area contributed by atoms with E-state index in [9.17, 15) is 4.79 Å². The quantitative estimate of drug-likeness (QED) is 0.357. The van der Waals surface area contributed by atoms with E-state index in [1.165, 1.54) is 22.7 Å². The molecule has 28 heavy (non-hydrogen) atoms. The number of anilines is 1. The van der Waals surface area contributed by atoms with Gasteiger partial charge in [-0.25, -0.2) is 4.98 Å². The summed E-state index contributed by atoms with van der Waals surface area (Å²) < 4.78 is 7.48. The molecule has 3 aromatic heterocycles. The van der Waals surface area contributed by atoms with Crippen molar-refractivity contribution in [3.63, 3.8) is 0 Å². The van der Waals surface area contributed by atoms with Gasteiger partial charge in [0.1, 0.15) is 5.75 Å². The Kier molecular flexibility index (Phi) is 5.70. The Morgan fingerprint density at radius 1 is 1.18 bits per heavy atom. The predicted octanol–water partition coefficient (Wildman–Crippen LogP) is 5.76. The van der Waals surface area contributed by atoms with E-state index in [1.807, 2.05) is 55.5 Å². The average molecular weight is 474 g/mol. The number of aromatic nitrogens is 2. The van der Waals surface area contributed by atoms with Gasteiger partial charge in [0.25, 0.3) is 5.91 Å². The first kappa shape index (κ1) is 19.0. The van der Waals surface area contributed by atoms with Gasteiger partial charge in [-0.15, -0.1) is 11.3 Å². The van der Waals surface area contributed by atoms with Gasteiger partial charge >= 0.3 is 0 Å². The van der Waals surface area contributed by atoms with Gasteiger partial charge in [-0.05, 0) is 65.3 Å². The van der Waals surface area contributed by atoms with Crippen LogP contribution in [0.2, 0.25) is 0 Å². The van der Waals surface area contributed by atoms with E-state index in [4.69, 9.17) is 9.72 Å². The molecule has 8 heteroatoms. The summed E-state index contributed by atoms with van der Waals surface area (Å²) in [6, 6.07) is 15.2. The molecule has 1 aromatic carbocycles. The molecule has 0 atom stereocenters. The van der Waals surface area contributed by atoms with Gasteiger partial charge in [0.2, 0.25) is 0 Å². The smallest absolute Gasteiger partial charge is 0.270 e. The molecule has 0 bridgehead atoms. The van der Waals surface area contributed by atoms with Gasteiger partial charge in [-0.2, -0.15) is 0 Å². The number of carbonyl (C=O) groups is 1. The molecule has 0 unspecified atom stereocenters. The zero-order valence-electron chi connectivity index (χ0n) is 15.0. The van der Waals surface area contributed by atoms with E-state index in [0.717, 1.165) is 25.4 Å². The molecular weight excluding hydrogens is 458 g/mol. The van der Waals surface area contributed by atoms with Crippen LogP contribution in [0.25, 0.3) is 10.2 Å². The fourth-order valence-electron chi connectivity index (χ4n) is 2.71. The van der Waals surface area contributed by atoms with Crippen LogP contribution in [0, 0.1) is 0 Å². The first-order chi connectivity index (χ1) is 13.6. The second-order valence-electron chi connectivity index (χ2n) is 5.88. The highest BCUT2D eigenvalue weighted by Gasteiger charge is 2.23. The van der Waals surface area contributed by atoms with E-state index in [1.54, 1.807) is 11.1 Å². The minimum absolute atomic E-state index is 0.0922. The SMILES string of the molecule is CCOc1ccc2nc(N(Cc3ccccn3)C(=O)c3ccc(Br)s3)sc2c1. The van der Waals surface area contributed by atoms with Crippen molar-refractivity contribution in [3.05, 3.63) is 69.1 Å². The molecule has 0 radical (unpaired) electrons. The Hall–Kier alpha value is -2.29. The molecule has 1 amide bonds. The number of rotatable bonds is 6. The molecular formula is C20H16BrN3O2S2. The van der Waals surface area contributed by atoms with Crippen LogP contribution in [0.4, 0.5) is 5.13 Å². The number of fused-ring (bicyclic) bond motifs is 1. The number of benzene rings is 1. The maximum Gasteiger partial charge on any atom is 0.270 e. The molecule has 3 heterocycles. The number of pyridine rings is 1. The van der Waals surface area contributed by atoms with Gasteiger partial charge in [-0.3, -0.25) is 14.7 Å². The molecule has 4 aromatic rings. The van der Waals surface area contributed by atoms with E-state index in [0.29, 0.717) is 23.2 Å². The van der Waals surface area contributed by atoms with Crippen LogP contribution >= 0.6 is 38.6 Å². The van der Waals surface area contributed by atoms with Crippen LogP contribution in [-0.2, 0) is 6.54 Å². The van der Waals surface area contributed by atoms with Gasteiger partial charge in [0, 0.05) is 6.20 Å². The maximum absolute atomic E-state index is 13.2. The molecule has 0 aliphatic rings. The molecule has 142 valence electrons. The Balaban J connectivity index is 1.73. The summed E-state index contributed by atoms with van der Waals surface area (Å²) >= 11 is 6.31. The summed E-state index contributed by atoms with van der Waals surface area (Å²) in [7, 11) is 0. The molecule has 0 N–H and O–H groups in total. The predicted molar refractivity (Wildman–Crippen MR) is 118 cm³/mol. The lowest BCUT2D eigenvalue weighted by Crippen LogP contribution is -2.30. The number of halogens is 1. The standard InChI is InChI=1S/C20H16BrN3O2S2/c1-2-26-14-6-7-15-17(11-14)28-20(23-15)24(12-13-5-3-4-10-22-13)19(25)16-8-9-18(21)27-16/h3-11H,2,12H2,1H3. The summed E-state index contributed by atoms with van der Waals surface area (Å²) in [5.41, 5.74) is 1.65. The number of carbonyl (C=O) groups excluding carboxylic acids is 1. The third-order valence-corrected chi connectivity index (χ3v) is 6.62. The summed E-state index contributed by atoms with van der Waals surface area (Å²) in [5, 5.41) is 0.642. The number of amides is 1. The van der Waals surface area contributed by atoms with Crippen molar-refractivity contribution >= 4 is 59.9 Å². The van der Waals surface area contributed by atoms with Crippen molar-refractivity contribution in [2.24, 2.45) is 0 Å². The van der Waals surface area contributed by atoms with E-state index in [2.05, 4.69) is 20.9 Å². The summed E-state index contributed by atoms with van der Waals surface area (Å²) in [4.78, 5) is 24.6. The van der Waals surface area contributed by atoms with E-state index < -0.39 is 0 Å². The monoisotopic (exact) mass is 473 g/mol. The third-order valence-electron chi connectivity index (χ3n) is 3.97. The summed E-state index contributed by atoms with van der Waals surface area (Å²) in [6.07, 6.45) is 1.73. The fourth-order valence-corrected chi connectivity index (χ4v) is 5.03. The average Bonchev–Trinajstić information content (AvgIpc) is 3.32. The minimum Gasteiger partial charge on any atom is -0.494 e. The molecule has 0 saturated carbocycles. The number of nitrogens with zero attached hydrogens (tertiary/aromatic N) is 3. The van der Waals surface area contributed by atoms with Crippen LogP contribution in [0.15, 0.2) is 58.5 Å². The molecule has 0 aliphatic heterocycles.